The summed E-state index contributed by atoms with van der Waals surface area (Å²) in [4.78, 5) is 14.2. The number of aromatic carboxylic acids is 1. The minimum Gasteiger partial charge on any atom is -0.478 e. The fraction of sp³-hybridized carbons (Fsp3) is 0.0968. The van der Waals surface area contributed by atoms with Crippen molar-refractivity contribution in [1.82, 2.24) is 0 Å². The predicted molar refractivity (Wildman–Crippen MR) is 151 cm³/mol. The molecule has 0 saturated carbocycles. The Labute approximate surface area is 222 Å². The maximum Gasteiger partial charge on any atom is 0.335 e. The first-order chi connectivity index (χ1) is 17.2. The fourth-order valence-corrected chi connectivity index (χ4v) is 4.38. The van der Waals surface area contributed by atoms with Crippen LogP contribution in [0.2, 0.25) is 10.0 Å². The molecule has 5 heteroatoms. The van der Waals surface area contributed by atoms with Crippen molar-refractivity contribution in [3.8, 4) is 0 Å². The van der Waals surface area contributed by atoms with E-state index in [0.717, 1.165) is 39.2 Å². The first kappa shape index (κ1) is 25.6. The van der Waals surface area contributed by atoms with Gasteiger partial charge >= 0.3 is 5.97 Å². The van der Waals surface area contributed by atoms with E-state index in [-0.39, 0.29) is 11.5 Å². The molecule has 4 aromatic rings. The number of carboxylic acids is 1. The van der Waals surface area contributed by atoms with Crippen molar-refractivity contribution in [2.24, 2.45) is 0 Å². The van der Waals surface area contributed by atoms with Crippen LogP contribution < -0.4 is 4.90 Å². The number of hydrogen-bond acceptors (Lipinski definition) is 2. The molecule has 36 heavy (non-hydrogen) atoms. The molecule has 1 unspecified atom stereocenters. The van der Waals surface area contributed by atoms with Crippen LogP contribution in [0.25, 0.3) is 5.57 Å². The Balaban J connectivity index is 1.54. The van der Waals surface area contributed by atoms with E-state index in [9.17, 15) is 9.90 Å². The van der Waals surface area contributed by atoms with Gasteiger partial charge in [0.25, 0.3) is 0 Å². The average molecular weight is 515 g/mol. The van der Waals surface area contributed by atoms with Crippen LogP contribution in [0.3, 0.4) is 0 Å². The molecule has 1 N–H and O–H groups in total. The maximum atomic E-state index is 12.1. The summed E-state index contributed by atoms with van der Waals surface area (Å²) < 4.78 is 0. The number of carbonyl (C=O) groups is 1. The number of anilines is 2. The van der Waals surface area contributed by atoms with Crippen LogP contribution in [0, 0.1) is 6.92 Å². The van der Waals surface area contributed by atoms with Gasteiger partial charge in [0.1, 0.15) is 0 Å². The topological polar surface area (TPSA) is 40.5 Å². The van der Waals surface area contributed by atoms with Crippen molar-refractivity contribution in [3.63, 3.8) is 0 Å². The average Bonchev–Trinajstić information content (AvgIpc) is 2.89. The lowest BCUT2D eigenvalue weighted by Crippen LogP contribution is -2.09. The van der Waals surface area contributed by atoms with E-state index in [0.29, 0.717) is 16.5 Å². The molecule has 0 radical (unpaired) electrons. The Kier molecular flexibility index (Phi) is 7.83. The molecule has 4 aromatic carbocycles. The standard InChI is InChI=1S/C31H26Cl2NO2/c1-20(22-6-10-26(32)11-7-22)18-25-5-4-24(19-30(25)31(35)36)21(2)23-8-14-28(15-9-23)34(3)29-16-12-27(33)13-17-29/h4-17,19-20H,1-2,18H2,3H3,(H,35,36)/q-1. The van der Waals surface area contributed by atoms with Crippen LogP contribution >= 0.6 is 23.2 Å². The molecular formula is C31H26Cl2NO2-. The lowest BCUT2D eigenvalue weighted by molar-refractivity contribution is 0.0695. The van der Waals surface area contributed by atoms with Crippen molar-refractivity contribution in [1.29, 1.82) is 0 Å². The highest BCUT2D eigenvalue weighted by Crippen LogP contribution is 2.30. The van der Waals surface area contributed by atoms with Gasteiger partial charge in [-0.3, -0.25) is 0 Å². The second kappa shape index (κ2) is 11.0. The van der Waals surface area contributed by atoms with Gasteiger partial charge in [-0.25, -0.2) is 4.79 Å². The molecule has 0 aliphatic rings. The largest absolute Gasteiger partial charge is 0.478 e. The summed E-state index contributed by atoms with van der Waals surface area (Å²) in [7, 11) is 1.99. The molecule has 0 aromatic heterocycles. The zero-order valence-corrected chi connectivity index (χ0v) is 21.4. The molecule has 1 atom stereocenters. The Morgan fingerprint density at radius 2 is 1.36 bits per heavy atom. The Morgan fingerprint density at radius 3 is 1.92 bits per heavy atom. The highest BCUT2D eigenvalue weighted by atomic mass is 35.5. The highest BCUT2D eigenvalue weighted by molar-refractivity contribution is 6.30. The molecule has 0 aliphatic carbocycles. The van der Waals surface area contributed by atoms with Gasteiger partial charge in [-0.05, 0) is 83.3 Å². The first-order valence-electron chi connectivity index (χ1n) is 11.5. The van der Waals surface area contributed by atoms with Crippen LogP contribution in [-0.4, -0.2) is 18.1 Å². The summed E-state index contributed by atoms with van der Waals surface area (Å²) in [6.45, 7) is 8.46. The molecule has 0 amide bonds. The van der Waals surface area contributed by atoms with E-state index >= 15 is 0 Å². The fourth-order valence-electron chi connectivity index (χ4n) is 4.13. The lowest BCUT2D eigenvalue weighted by atomic mass is 9.89. The zero-order chi connectivity index (χ0) is 25.8. The zero-order valence-electron chi connectivity index (χ0n) is 19.9. The van der Waals surface area contributed by atoms with Gasteiger partial charge in [0.2, 0.25) is 0 Å². The molecule has 182 valence electrons. The molecule has 0 aliphatic heterocycles. The van der Waals surface area contributed by atoms with E-state index in [1.165, 1.54) is 0 Å². The highest BCUT2D eigenvalue weighted by Gasteiger charge is 2.15. The van der Waals surface area contributed by atoms with Crippen molar-refractivity contribution in [3.05, 3.63) is 142 Å². The summed E-state index contributed by atoms with van der Waals surface area (Å²) in [5, 5.41) is 11.3. The van der Waals surface area contributed by atoms with Crippen molar-refractivity contribution in [2.75, 3.05) is 11.9 Å². The molecule has 0 fully saturated rings. The summed E-state index contributed by atoms with van der Waals surface area (Å²) in [5.41, 5.74) is 6.48. The van der Waals surface area contributed by atoms with E-state index in [1.807, 2.05) is 92.0 Å². The van der Waals surface area contributed by atoms with Crippen LogP contribution in [0.4, 0.5) is 11.4 Å². The normalized spacial score (nSPS) is 11.7. The van der Waals surface area contributed by atoms with Crippen molar-refractivity contribution in [2.45, 2.75) is 12.3 Å². The number of nitrogens with zero attached hydrogens (tertiary/aromatic N) is 1. The molecule has 0 saturated heterocycles. The monoisotopic (exact) mass is 514 g/mol. The second-order valence-electron chi connectivity index (χ2n) is 8.69. The van der Waals surface area contributed by atoms with Crippen molar-refractivity contribution >= 4 is 46.1 Å². The summed E-state index contributed by atoms with van der Waals surface area (Å²) in [5.74, 6) is -1.07. The minimum atomic E-state index is -0.970. The third kappa shape index (κ3) is 5.81. The SMILES string of the molecule is C=C(c1ccc(N(C)c2ccc(Cl)cc2)cc1)c1ccc(CC([CH2-])c2ccc(Cl)cc2)c(C(=O)O)c1. The third-order valence-electron chi connectivity index (χ3n) is 6.31. The van der Waals surface area contributed by atoms with Crippen LogP contribution in [-0.2, 0) is 6.42 Å². The number of carboxylic acid groups (broad SMARTS) is 1. The van der Waals surface area contributed by atoms with Gasteiger partial charge in [0.05, 0.1) is 5.56 Å². The van der Waals surface area contributed by atoms with Gasteiger partial charge in [-0.1, -0.05) is 71.7 Å². The summed E-state index contributed by atoms with van der Waals surface area (Å²) in [6, 6.07) is 28.6. The lowest BCUT2D eigenvalue weighted by Gasteiger charge is -2.21. The van der Waals surface area contributed by atoms with E-state index in [2.05, 4.69) is 18.4 Å². The summed E-state index contributed by atoms with van der Waals surface area (Å²) in [6.07, 6.45) is 0.502. The van der Waals surface area contributed by atoms with E-state index in [4.69, 9.17) is 23.2 Å². The maximum absolute atomic E-state index is 12.1. The number of benzene rings is 4. The smallest absolute Gasteiger partial charge is 0.335 e. The summed E-state index contributed by atoms with van der Waals surface area (Å²) >= 11 is 12.0. The first-order valence-corrected chi connectivity index (χ1v) is 12.2. The molecule has 3 nitrogen and oxygen atoms in total. The predicted octanol–water partition coefficient (Wildman–Crippen LogP) is 8.68. The Hall–Kier alpha value is -3.53. The number of hydrogen-bond donors (Lipinski definition) is 1. The van der Waals surface area contributed by atoms with Gasteiger partial charge < -0.3 is 16.9 Å². The number of halogens is 2. The molecule has 0 heterocycles. The molecular weight excluding hydrogens is 489 g/mol. The van der Waals surface area contributed by atoms with E-state index in [1.54, 1.807) is 6.07 Å². The van der Waals surface area contributed by atoms with Crippen LogP contribution in [0.1, 0.15) is 38.5 Å². The van der Waals surface area contributed by atoms with Gasteiger partial charge in [0, 0.05) is 28.5 Å². The third-order valence-corrected chi connectivity index (χ3v) is 6.82. The molecule has 4 rings (SSSR count). The Bertz CT molecular complexity index is 1380. The van der Waals surface area contributed by atoms with Gasteiger partial charge in [-0.2, -0.15) is 0 Å². The minimum absolute atomic E-state index is 0.0976. The molecule has 0 spiro atoms. The van der Waals surface area contributed by atoms with Crippen LogP contribution in [0.5, 0.6) is 0 Å². The molecule has 0 bridgehead atoms. The number of rotatable bonds is 8. The van der Waals surface area contributed by atoms with E-state index < -0.39 is 5.97 Å². The second-order valence-corrected chi connectivity index (χ2v) is 9.56. The van der Waals surface area contributed by atoms with Crippen LogP contribution in [0.15, 0.2) is 97.6 Å². The van der Waals surface area contributed by atoms with Gasteiger partial charge in [0.15, 0.2) is 0 Å². The van der Waals surface area contributed by atoms with Gasteiger partial charge in [-0.15, -0.1) is 5.92 Å². The van der Waals surface area contributed by atoms with Crippen molar-refractivity contribution < 1.29 is 9.90 Å². The Morgan fingerprint density at radius 1 is 0.861 bits per heavy atom. The quantitative estimate of drug-likeness (QED) is 0.239.